The highest BCUT2D eigenvalue weighted by molar-refractivity contribution is 7.99. The number of H-pyrrole nitrogens is 1. The Balaban J connectivity index is 1.53. The number of likely N-dealkylation sites (tertiary alicyclic amines) is 1. The molecule has 1 saturated heterocycles. The molecule has 0 spiro atoms. The highest BCUT2D eigenvalue weighted by atomic mass is 32.2. The number of carbonyl (C=O) groups excluding carboxylic acids is 1. The van der Waals surface area contributed by atoms with Gasteiger partial charge in [0.05, 0.1) is 6.04 Å². The average molecular weight is 329 g/mol. The molecular weight excluding hydrogens is 306 g/mol. The molecule has 2 aromatic rings. The molecule has 0 aliphatic carbocycles. The monoisotopic (exact) mass is 329 g/mol. The number of thioether (sulfide) groups is 1. The predicted octanol–water partition coefficient (Wildman–Crippen LogP) is 3.87. The minimum Gasteiger partial charge on any atom is -0.347 e. The molecule has 4 nitrogen and oxygen atoms in total. The van der Waals surface area contributed by atoms with Crippen LogP contribution < -0.4 is 0 Å². The van der Waals surface area contributed by atoms with Crippen molar-refractivity contribution in [2.75, 3.05) is 12.3 Å². The Morgan fingerprint density at radius 2 is 2.26 bits per heavy atom. The average Bonchev–Trinajstić information content (AvgIpc) is 3.20. The van der Waals surface area contributed by atoms with Crippen molar-refractivity contribution in [3.63, 3.8) is 0 Å². The number of imidazole rings is 1. The first-order valence-corrected chi connectivity index (χ1v) is 9.12. The second-order valence-electron chi connectivity index (χ2n) is 6.06. The van der Waals surface area contributed by atoms with Gasteiger partial charge in [0.25, 0.3) is 0 Å². The molecule has 122 valence electrons. The number of hydrogen-bond acceptors (Lipinski definition) is 3. The normalized spacial score (nSPS) is 17.7. The zero-order chi connectivity index (χ0) is 16.2. The van der Waals surface area contributed by atoms with E-state index in [9.17, 15) is 4.79 Å². The molecule has 3 rings (SSSR count). The number of carbonyl (C=O) groups is 1. The van der Waals surface area contributed by atoms with Gasteiger partial charge in [-0.15, -0.1) is 11.8 Å². The third-order valence-corrected chi connectivity index (χ3v) is 5.47. The molecule has 5 heteroatoms. The molecule has 1 aromatic carbocycles. The fourth-order valence-electron chi connectivity index (χ4n) is 3.01. The lowest BCUT2D eigenvalue weighted by Crippen LogP contribution is -2.31. The number of aromatic nitrogens is 2. The maximum atomic E-state index is 12.5. The van der Waals surface area contributed by atoms with Gasteiger partial charge in [-0.2, -0.15) is 0 Å². The topological polar surface area (TPSA) is 49.0 Å². The predicted molar refractivity (Wildman–Crippen MR) is 93.5 cm³/mol. The van der Waals surface area contributed by atoms with Crippen LogP contribution in [0.2, 0.25) is 0 Å². The number of aryl methyl sites for hydroxylation is 2. The van der Waals surface area contributed by atoms with Gasteiger partial charge in [-0.25, -0.2) is 4.98 Å². The van der Waals surface area contributed by atoms with E-state index >= 15 is 0 Å². The van der Waals surface area contributed by atoms with Gasteiger partial charge >= 0.3 is 0 Å². The number of rotatable bonds is 5. The second-order valence-corrected chi connectivity index (χ2v) is 7.23. The van der Waals surface area contributed by atoms with Gasteiger partial charge in [-0.05, 0) is 49.9 Å². The van der Waals surface area contributed by atoms with E-state index < -0.39 is 0 Å². The summed E-state index contributed by atoms with van der Waals surface area (Å²) in [4.78, 5) is 23.2. The molecular formula is C18H23N3OS. The molecule has 1 N–H and O–H groups in total. The smallest absolute Gasteiger partial charge is 0.224 e. The van der Waals surface area contributed by atoms with Gasteiger partial charge < -0.3 is 9.88 Å². The lowest BCUT2D eigenvalue weighted by atomic mass is 10.1. The van der Waals surface area contributed by atoms with E-state index in [0.717, 1.165) is 31.0 Å². The summed E-state index contributed by atoms with van der Waals surface area (Å²) in [7, 11) is 0. The summed E-state index contributed by atoms with van der Waals surface area (Å²) >= 11 is 1.76. The first-order chi connectivity index (χ1) is 11.1. The fourth-order valence-corrected chi connectivity index (χ4v) is 3.95. The molecule has 1 amide bonds. The van der Waals surface area contributed by atoms with Gasteiger partial charge in [0.1, 0.15) is 5.82 Å². The quantitative estimate of drug-likeness (QED) is 0.847. The van der Waals surface area contributed by atoms with Crippen LogP contribution in [0.4, 0.5) is 0 Å². The number of nitrogens with one attached hydrogen (secondary N) is 1. The molecule has 1 fully saturated rings. The van der Waals surface area contributed by atoms with E-state index in [-0.39, 0.29) is 11.9 Å². The van der Waals surface area contributed by atoms with Crippen molar-refractivity contribution >= 4 is 17.7 Å². The molecule has 1 aliphatic heterocycles. The summed E-state index contributed by atoms with van der Waals surface area (Å²) in [5.74, 6) is 1.97. The summed E-state index contributed by atoms with van der Waals surface area (Å²) < 4.78 is 0. The standard InChI is InChI=1S/C18H23N3OS/c1-13-5-6-15(12-14(13)2)23-11-7-17(22)21-10-3-4-16(21)18-19-8-9-20-18/h5-6,8-9,12,16H,3-4,7,10-11H2,1-2H3,(H,19,20). The highest BCUT2D eigenvalue weighted by Gasteiger charge is 2.30. The van der Waals surface area contributed by atoms with Gasteiger partial charge in [0.2, 0.25) is 5.91 Å². The Morgan fingerprint density at radius 1 is 1.39 bits per heavy atom. The molecule has 0 bridgehead atoms. The first kappa shape index (κ1) is 16.1. The van der Waals surface area contributed by atoms with Crippen molar-refractivity contribution in [2.45, 2.75) is 44.0 Å². The largest absolute Gasteiger partial charge is 0.347 e. The van der Waals surface area contributed by atoms with Gasteiger partial charge in [-0.3, -0.25) is 4.79 Å². The third-order valence-electron chi connectivity index (χ3n) is 4.47. The molecule has 23 heavy (non-hydrogen) atoms. The number of benzene rings is 1. The zero-order valence-corrected chi connectivity index (χ0v) is 14.5. The van der Waals surface area contributed by atoms with Crippen molar-refractivity contribution in [3.05, 3.63) is 47.5 Å². The van der Waals surface area contributed by atoms with Gasteiger partial charge in [-0.1, -0.05) is 6.07 Å². The fraction of sp³-hybridized carbons (Fsp3) is 0.444. The summed E-state index contributed by atoms with van der Waals surface area (Å²) in [5.41, 5.74) is 2.61. The zero-order valence-electron chi connectivity index (χ0n) is 13.7. The Kier molecular flexibility index (Phi) is 5.06. The van der Waals surface area contributed by atoms with E-state index in [2.05, 4.69) is 42.0 Å². The van der Waals surface area contributed by atoms with E-state index in [1.54, 1.807) is 18.0 Å². The maximum Gasteiger partial charge on any atom is 0.224 e. The van der Waals surface area contributed by atoms with E-state index in [0.29, 0.717) is 6.42 Å². The molecule has 1 unspecified atom stereocenters. The van der Waals surface area contributed by atoms with Crippen LogP contribution in [0.3, 0.4) is 0 Å². The molecule has 1 atom stereocenters. The molecule has 1 aromatic heterocycles. The Labute approximate surface area is 141 Å². The van der Waals surface area contributed by atoms with Gasteiger partial charge in [0, 0.05) is 36.0 Å². The van der Waals surface area contributed by atoms with Crippen molar-refractivity contribution < 1.29 is 4.79 Å². The Hall–Kier alpha value is -1.75. The summed E-state index contributed by atoms with van der Waals surface area (Å²) in [6.07, 6.45) is 6.22. The SMILES string of the molecule is Cc1ccc(SCCC(=O)N2CCCC2c2ncc[nH]2)cc1C. The lowest BCUT2D eigenvalue weighted by Gasteiger charge is -2.23. The maximum absolute atomic E-state index is 12.5. The van der Waals surface area contributed by atoms with Crippen LogP contribution in [-0.4, -0.2) is 33.1 Å². The van der Waals surface area contributed by atoms with Crippen molar-refractivity contribution in [3.8, 4) is 0 Å². The first-order valence-electron chi connectivity index (χ1n) is 8.14. The minimum absolute atomic E-state index is 0.129. The van der Waals surface area contributed by atoms with E-state index in [1.807, 2.05) is 11.1 Å². The number of nitrogens with zero attached hydrogens (tertiary/aromatic N) is 2. The van der Waals surface area contributed by atoms with Crippen molar-refractivity contribution in [1.29, 1.82) is 0 Å². The molecule has 1 aliphatic rings. The lowest BCUT2D eigenvalue weighted by molar-refractivity contribution is -0.131. The molecule has 2 heterocycles. The summed E-state index contributed by atoms with van der Waals surface area (Å²) in [6.45, 7) is 5.09. The van der Waals surface area contributed by atoms with Crippen LogP contribution in [0, 0.1) is 13.8 Å². The van der Waals surface area contributed by atoms with Crippen LogP contribution in [0.15, 0.2) is 35.5 Å². The van der Waals surface area contributed by atoms with Crippen LogP contribution in [-0.2, 0) is 4.79 Å². The van der Waals surface area contributed by atoms with Crippen molar-refractivity contribution in [1.82, 2.24) is 14.9 Å². The summed E-state index contributed by atoms with van der Waals surface area (Å²) in [6, 6.07) is 6.61. The number of hydrogen-bond donors (Lipinski definition) is 1. The Bertz CT molecular complexity index is 669. The third kappa shape index (κ3) is 3.78. The molecule has 0 saturated carbocycles. The number of amides is 1. The molecule has 0 radical (unpaired) electrons. The number of aromatic amines is 1. The van der Waals surface area contributed by atoms with Crippen molar-refractivity contribution in [2.24, 2.45) is 0 Å². The highest BCUT2D eigenvalue weighted by Crippen LogP contribution is 2.31. The van der Waals surface area contributed by atoms with Crippen LogP contribution in [0.5, 0.6) is 0 Å². The van der Waals surface area contributed by atoms with Crippen LogP contribution in [0.25, 0.3) is 0 Å². The Morgan fingerprint density at radius 3 is 3.00 bits per heavy atom. The van der Waals surface area contributed by atoms with E-state index in [1.165, 1.54) is 16.0 Å². The second kappa shape index (κ2) is 7.21. The van der Waals surface area contributed by atoms with E-state index in [4.69, 9.17) is 0 Å². The minimum atomic E-state index is 0.129. The van der Waals surface area contributed by atoms with Crippen LogP contribution >= 0.6 is 11.8 Å². The summed E-state index contributed by atoms with van der Waals surface area (Å²) in [5, 5.41) is 0. The van der Waals surface area contributed by atoms with Gasteiger partial charge in [0.15, 0.2) is 0 Å². The van der Waals surface area contributed by atoms with Crippen LogP contribution in [0.1, 0.15) is 42.3 Å².